The van der Waals surface area contributed by atoms with Gasteiger partial charge in [-0.1, -0.05) is 43.3 Å². The van der Waals surface area contributed by atoms with Crippen molar-refractivity contribution in [1.29, 1.82) is 0 Å². The van der Waals surface area contributed by atoms with Crippen LogP contribution in [0.5, 0.6) is 0 Å². The van der Waals surface area contributed by atoms with Gasteiger partial charge in [-0.2, -0.15) is 0 Å². The van der Waals surface area contributed by atoms with Gasteiger partial charge >= 0.3 is 0 Å². The Kier molecular flexibility index (Phi) is 4.97. The minimum absolute atomic E-state index is 0.224. The highest BCUT2D eigenvalue weighted by Crippen LogP contribution is 2.23. The predicted octanol–water partition coefficient (Wildman–Crippen LogP) is 5.19. The standard InChI is InChI=1S/C23H20N4O/c1-2-16-7-3-4-10-20(16)26-19-13-18(14-24-15-19)23(28)27-21-11-5-8-17-9-6-12-25-22(17)21/h3-15,26H,2H2,1H3,(H,27,28). The number of hydrogen-bond donors (Lipinski definition) is 2. The van der Waals surface area contributed by atoms with Gasteiger partial charge in [0, 0.05) is 23.5 Å². The van der Waals surface area contributed by atoms with Crippen LogP contribution in [0.4, 0.5) is 17.1 Å². The molecule has 0 spiro atoms. The van der Waals surface area contributed by atoms with Gasteiger partial charge in [0.2, 0.25) is 0 Å². The second-order valence-electron chi connectivity index (χ2n) is 6.43. The molecule has 0 bridgehead atoms. The lowest BCUT2D eigenvalue weighted by Gasteiger charge is -2.12. The molecule has 0 fully saturated rings. The summed E-state index contributed by atoms with van der Waals surface area (Å²) in [6.45, 7) is 2.11. The van der Waals surface area contributed by atoms with E-state index in [1.54, 1.807) is 24.7 Å². The minimum atomic E-state index is -0.224. The summed E-state index contributed by atoms with van der Waals surface area (Å²) >= 11 is 0. The molecule has 0 aliphatic heterocycles. The summed E-state index contributed by atoms with van der Waals surface area (Å²) in [5.41, 5.74) is 4.91. The molecule has 0 aliphatic carbocycles. The molecule has 4 aromatic rings. The van der Waals surface area contributed by atoms with Crippen LogP contribution in [0.2, 0.25) is 0 Å². The zero-order valence-electron chi connectivity index (χ0n) is 15.5. The van der Waals surface area contributed by atoms with Crippen molar-refractivity contribution in [3.05, 3.63) is 90.4 Å². The molecule has 2 aromatic heterocycles. The number of benzene rings is 2. The second kappa shape index (κ2) is 7.88. The van der Waals surface area contributed by atoms with Crippen molar-refractivity contribution in [1.82, 2.24) is 9.97 Å². The van der Waals surface area contributed by atoms with Crippen molar-refractivity contribution in [2.24, 2.45) is 0 Å². The van der Waals surface area contributed by atoms with E-state index in [-0.39, 0.29) is 5.91 Å². The van der Waals surface area contributed by atoms with Crippen LogP contribution >= 0.6 is 0 Å². The fraction of sp³-hybridized carbons (Fsp3) is 0.0870. The average Bonchev–Trinajstić information content (AvgIpc) is 2.74. The molecular formula is C23H20N4O. The first kappa shape index (κ1) is 17.7. The van der Waals surface area contributed by atoms with Gasteiger partial charge in [0.25, 0.3) is 5.91 Å². The van der Waals surface area contributed by atoms with Crippen molar-refractivity contribution in [2.75, 3.05) is 10.6 Å². The number of nitrogens with zero attached hydrogens (tertiary/aromatic N) is 2. The summed E-state index contributed by atoms with van der Waals surface area (Å²) in [5.74, 6) is -0.224. The molecule has 0 aliphatic rings. The van der Waals surface area contributed by atoms with Crippen molar-refractivity contribution >= 4 is 33.9 Å². The van der Waals surface area contributed by atoms with E-state index in [9.17, 15) is 4.79 Å². The summed E-state index contributed by atoms with van der Waals surface area (Å²) < 4.78 is 0. The van der Waals surface area contributed by atoms with E-state index in [2.05, 4.69) is 33.6 Å². The molecular weight excluding hydrogens is 348 g/mol. The Morgan fingerprint density at radius 2 is 1.79 bits per heavy atom. The third kappa shape index (κ3) is 3.69. The average molecular weight is 368 g/mol. The van der Waals surface area contributed by atoms with Crippen LogP contribution in [0.1, 0.15) is 22.8 Å². The second-order valence-corrected chi connectivity index (χ2v) is 6.43. The Labute approximate surface area is 163 Å². The van der Waals surface area contributed by atoms with Crippen LogP contribution in [-0.4, -0.2) is 15.9 Å². The van der Waals surface area contributed by atoms with Crippen LogP contribution in [0, 0.1) is 0 Å². The van der Waals surface area contributed by atoms with E-state index in [0.717, 1.165) is 28.7 Å². The lowest BCUT2D eigenvalue weighted by Crippen LogP contribution is -2.13. The molecule has 2 N–H and O–H groups in total. The third-order valence-corrected chi connectivity index (χ3v) is 4.56. The number of amides is 1. The number of rotatable bonds is 5. The van der Waals surface area contributed by atoms with Gasteiger partial charge in [0.05, 0.1) is 28.7 Å². The number of pyridine rings is 2. The maximum Gasteiger partial charge on any atom is 0.257 e. The van der Waals surface area contributed by atoms with E-state index < -0.39 is 0 Å². The predicted molar refractivity (Wildman–Crippen MR) is 113 cm³/mol. The summed E-state index contributed by atoms with van der Waals surface area (Å²) in [4.78, 5) is 21.4. The fourth-order valence-electron chi connectivity index (χ4n) is 3.14. The Morgan fingerprint density at radius 1 is 0.964 bits per heavy atom. The van der Waals surface area contributed by atoms with E-state index >= 15 is 0 Å². The van der Waals surface area contributed by atoms with E-state index in [1.165, 1.54) is 5.56 Å². The van der Waals surface area contributed by atoms with Gasteiger partial charge in [-0.3, -0.25) is 14.8 Å². The van der Waals surface area contributed by atoms with Crippen LogP contribution in [0.25, 0.3) is 10.9 Å². The number of anilines is 3. The van der Waals surface area contributed by atoms with Crippen LogP contribution in [0.15, 0.2) is 79.3 Å². The zero-order chi connectivity index (χ0) is 19.3. The van der Waals surface area contributed by atoms with Gasteiger partial charge in [0.15, 0.2) is 0 Å². The van der Waals surface area contributed by atoms with Crippen molar-refractivity contribution in [3.8, 4) is 0 Å². The number of fused-ring (bicyclic) bond motifs is 1. The quantitative estimate of drug-likeness (QED) is 0.509. The summed E-state index contributed by atoms with van der Waals surface area (Å²) in [5, 5.41) is 7.28. The molecule has 5 nitrogen and oxygen atoms in total. The highest BCUT2D eigenvalue weighted by Gasteiger charge is 2.11. The zero-order valence-corrected chi connectivity index (χ0v) is 15.5. The van der Waals surface area contributed by atoms with Crippen LogP contribution in [-0.2, 0) is 6.42 Å². The van der Waals surface area contributed by atoms with Crippen molar-refractivity contribution < 1.29 is 4.79 Å². The maximum atomic E-state index is 12.8. The molecule has 1 amide bonds. The largest absolute Gasteiger partial charge is 0.354 e. The van der Waals surface area contributed by atoms with E-state index in [0.29, 0.717) is 11.3 Å². The Balaban J connectivity index is 1.58. The summed E-state index contributed by atoms with van der Waals surface area (Å²) in [6, 6.07) is 19.5. The summed E-state index contributed by atoms with van der Waals surface area (Å²) in [6.07, 6.45) is 5.91. The molecule has 0 saturated carbocycles. The molecule has 138 valence electrons. The van der Waals surface area contributed by atoms with E-state index in [4.69, 9.17) is 0 Å². The first-order valence-electron chi connectivity index (χ1n) is 9.19. The van der Waals surface area contributed by atoms with Crippen molar-refractivity contribution in [3.63, 3.8) is 0 Å². The Bertz CT molecular complexity index is 1130. The first-order valence-corrected chi connectivity index (χ1v) is 9.19. The first-order chi connectivity index (χ1) is 13.7. The number of nitrogens with one attached hydrogen (secondary N) is 2. The number of carbonyl (C=O) groups excluding carboxylic acids is 1. The molecule has 4 rings (SSSR count). The monoisotopic (exact) mass is 368 g/mol. The molecule has 28 heavy (non-hydrogen) atoms. The molecule has 5 heteroatoms. The normalized spacial score (nSPS) is 10.6. The number of aryl methyl sites for hydroxylation is 1. The van der Waals surface area contributed by atoms with Gasteiger partial charge in [0.1, 0.15) is 0 Å². The molecule has 0 unspecified atom stereocenters. The third-order valence-electron chi connectivity index (χ3n) is 4.56. The smallest absolute Gasteiger partial charge is 0.257 e. The van der Waals surface area contributed by atoms with Gasteiger partial charge in [-0.15, -0.1) is 0 Å². The number of aromatic nitrogens is 2. The number of hydrogen-bond acceptors (Lipinski definition) is 4. The molecule has 0 radical (unpaired) electrons. The fourth-order valence-corrected chi connectivity index (χ4v) is 3.14. The Hall–Kier alpha value is -3.73. The molecule has 2 aromatic carbocycles. The number of carbonyl (C=O) groups is 1. The highest BCUT2D eigenvalue weighted by molar-refractivity contribution is 6.08. The SMILES string of the molecule is CCc1ccccc1Nc1cncc(C(=O)Nc2cccc3cccnc23)c1. The molecule has 0 atom stereocenters. The topological polar surface area (TPSA) is 66.9 Å². The number of para-hydroxylation sites is 2. The van der Waals surface area contributed by atoms with E-state index in [1.807, 2.05) is 48.5 Å². The van der Waals surface area contributed by atoms with Gasteiger partial charge in [-0.05, 0) is 36.2 Å². The van der Waals surface area contributed by atoms with Crippen LogP contribution < -0.4 is 10.6 Å². The van der Waals surface area contributed by atoms with Crippen molar-refractivity contribution in [2.45, 2.75) is 13.3 Å². The minimum Gasteiger partial charge on any atom is -0.354 e. The molecule has 0 saturated heterocycles. The molecule has 2 heterocycles. The lowest BCUT2D eigenvalue weighted by atomic mass is 10.1. The Morgan fingerprint density at radius 3 is 2.68 bits per heavy atom. The maximum absolute atomic E-state index is 12.8. The van der Waals surface area contributed by atoms with Crippen LogP contribution in [0.3, 0.4) is 0 Å². The highest BCUT2D eigenvalue weighted by atomic mass is 16.1. The van der Waals surface area contributed by atoms with Gasteiger partial charge < -0.3 is 10.6 Å². The lowest BCUT2D eigenvalue weighted by molar-refractivity contribution is 0.102. The van der Waals surface area contributed by atoms with Gasteiger partial charge in [-0.25, -0.2) is 0 Å². The summed E-state index contributed by atoms with van der Waals surface area (Å²) in [7, 11) is 0.